The zero-order valence-electron chi connectivity index (χ0n) is 20.6. The Balaban J connectivity index is 1.53. The summed E-state index contributed by atoms with van der Waals surface area (Å²) in [4.78, 5) is 29.6. The first kappa shape index (κ1) is 23.3. The van der Waals surface area contributed by atoms with E-state index in [2.05, 4.69) is 12.2 Å². The summed E-state index contributed by atoms with van der Waals surface area (Å²) >= 11 is 0. The van der Waals surface area contributed by atoms with Crippen molar-refractivity contribution in [3.8, 4) is 17.2 Å². The van der Waals surface area contributed by atoms with Crippen LogP contribution >= 0.6 is 0 Å². The van der Waals surface area contributed by atoms with Gasteiger partial charge in [0.15, 0.2) is 0 Å². The van der Waals surface area contributed by atoms with E-state index in [4.69, 9.17) is 9.15 Å². The standard InChI is InChI=1S/C28H33N3O4/c1-19-8-4-5-11-22(19)29-27(33)28(2)18-30-23(25-12-7-15-35-25)13-14-24(30)26(32)31(28)17-20-9-6-10-21(16-20)34-3/h6-7,9-10,12-16,19,22H,4-5,8,11,17-18H2,1-3H3,(H,29,33)/t19-,22-,28-/m1/s1. The molecule has 3 aromatic rings. The number of nitrogens with zero attached hydrogens (tertiary/aromatic N) is 2. The number of methoxy groups -OCH3 is 1. The van der Waals surface area contributed by atoms with Crippen LogP contribution in [-0.4, -0.2) is 40.0 Å². The summed E-state index contributed by atoms with van der Waals surface area (Å²) in [5, 5.41) is 3.32. The lowest BCUT2D eigenvalue weighted by atomic mass is 9.85. The van der Waals surface area contributed by atoms with Gasteiger partial charge < -0.3 is 23.9 Å². The Hall–Kier alpha value is -3.48. The highest BCUT2D eigenvalue weighted by atomic mass is 16.5. The van der Waals surface area contributed by atoms with Crippen LogP contribution in [0.2, 0.25) is 0 Å². The molecule has 0 saturated heterocycles. The van der Waals surface area contributed by atoms with Gasteiger partial charge in [0.2, 0.25) is 5.91 Å². The first-order valence-corrected chi connectivity index (χ1v) is 12.4. The van der Waals surface area contributed by atoms with Gasteiger partial charge in [0.1, 0.15) is 22.7 Å². The smallest absolute Gasteiger partial charge is 0.271 e. The molecule has 0 unspecified atom stereocenters. The molecule has 2 aromatic heterocycles. The van der Waals surface area contributed by atoms with Crippen molar-refractivity contribution in [2.45, 2.75) is 64.2 Å². The lowest BCUT2D eigenvalue weighted by Gasteiger charge is -2.45. The minimum atomic E-state index is -1.08. The molecule has 7 heteroatoms. The second-order valence-corrected chi connectivity index (χ2v) is 10.0. The molecule has 1 fully saturated rings. The lowest BCUT2D eigenvalue weighted by molar-refractivity contribution is -0.134. The van der Waals surface area contributed by atoms with Gasteiger partial charge in [0.05, 0.1) is 25.6 Å². The van der Waals surface area contributed by atoms with Crippen LogP contribution in [0.3, 0.4) is 0 Å². The van der Waals surface area contributed by atoms with Crippen molar-refractivity contribution in [3.05, 3.63) is 66.1 Å². The van der Waals surface area contributed by atoms with Crippen LogP contribution in [0.4, 0.5) is 0 Å². The van der Waals surface area contributed by atoms with Gasteiger partial charge >= 0.3 is 0 Å². The molecule has 184 valence electrons. The zero-order valence-corrected chi connectivity index (χ0v) is 20.6. The minimum Gasteiger partial charge on any atom is -0.497 e. The maximum atomic E-state index is 14.0. The number of aromatic nitrogens is 1. The average Bonchev–Trinajstić information content (AvgIpc) is 3.53. The van der Waals surface area contributed by atoms with E-state index in [0.717, 1.165) is 36.3 Å². The Kier molecular flexibility index (Phi) is 6.17. The SMILES string of the molecule is COc1cccc(CN2C(=O)c3ccc(-c4ccco4)n3C[C@]2(C)C(=O)N[C@@H]2CCCC[C@H]2C)c1. The molecule has 1 N–H and O–H groups in total. The monoisotopic (exact) mass is 475 g/mol. The van der Waals surface area contributed by atoms with Crippen LogP contribution in [0.15, 0.2) is 59.2 Å². The topological polar surface area (TPSA) is 76.7 Å². The number of rotatable bonds is 6. The molecule has 1 aliphatic carbocycles. The second-order valence-electron chi connectivity index (χ2n) is 10.0. The number of fused-ring (bicyclic) bond motifs is 1. The van der Waals surface area contributed by atoms with Gasteiger partial charge in [-0.1, -0.05) is 31.9 Å². The van der Waals surface area contributed by atoms with Crippen molar-refractivity contribution in [1.29, 1.82) is 0 Å². The summed E-state index contributed by atoms with van der Waals surface area (Å²) in [5.41, 5.74) is 1.18. The third-order valence-electron chi connectivity index (χ3n) is 7.67. The minimum absolute atomic E-state index is 0.114. The summed E-state index contributed by atoms with van der Waals surface area (Å²) in [7, 11) is 1.62. The summed E-state index contributed by atoms with van der Waals surface area (Å²) in [6.07, 6.45) is 6.01. The third-order valence-corrected chi connectivity index (χ3v) is 7.67. The van der Waals surface area contributed by atoms with E-state index in [-0.39, 0.29) is 17.9 Å². The molecule has 2 amide bonds. The molecule has 0 radical (unpaired) electrons. The predicted octanol–water partition coefficient (Wildman–Crippen LogP) is 4.87. The molecule has 3 atom stereocenters. The van der Waals surface area contributed by atoms with Crippen molar-refractivity contribution < 1.29 is 18.7 Å². The number of hydrogen-bond donors (Lipinski definition) is 1. The van der Waals surface area contributed by atoms with Crippen LogP contribution in [0.5, 0.6) is 5.75 Å². The maximum Gasteiger partial charge on any atom is 0.271 e. The molecule has 0 bridgehead atoms. The van der Waals surface area contributed by atoms with Crippen LogP contribution in [0.1, 0.15) is 55.6 Å². The highest BCUT2D eigenvalue weighted by molar-refractivity contribution is 6.00. The van der Waals surface area contributed by atoms with Crippen molar-refractivity contribution in [2.75, 3.05) is 7.11 Å². The first-order valence-electron chi connectivity index (χ1n) is 12.4. The molecule has 5 rings (SSSR count). The average molecular weight is 476 g/mol. The highest BCUT2D eigenvalue weighted by Gasteiger charge is 2.48. The van der Waals surface area contributed by atoms with Gasteiger partial charge in [-0.2, -0.15) is 0 Å². The quantitative estimate of drug-likeness (QED) is 0.552. The Bertz CT molecular complexity index is 1210. The number of ether oxygens (including phenoxy) is 1. The molecule has 1 aromatic carbocycles. The predicted molar refractivity (Wildman–Crippen MR) is 133 cm³/mol. The third kappa shape index (κ3) is 4.24. The van der Waals surface area contributed by atoms with E-state index in [9.17, 15) is 9.59 Å². The van der Waals surface area contributed by atoms with Gasteiger partial charge in [0, 0.05) is 12.6 Å². The maximum absolute atomic E-state index is 14.0. The molecule has 35 heavy (non-hydrogen) atoms. The Morgan fingerprint density at radius 1 is 1.14 bits per heavy atom. The fraction of sp³-hybridized carbons (Fsp3) is 0.429. The normalized spacial score (nSPS) is 24.2. The van der Waals surface area contributed by atoms with Crippen molar-refractivity contribution in [3.63, 3.8) is 0 Å². The van der Waals surface area contributed by atoms with Crippen LogP contribution in [-0.2, 0) is 17.9 Å². The van der Waals surface area contributed by atoms with Crippen LogP contribution < -0.4 is 10.1 Å². The van der Waals surface area contributed by atoms with E-state index in [1.54, 1.807) is 18.3 Å². The molecule has 2 aliphatic rings. The fourth-order valence-corrected chi connectivity index (χ4v) is 5.47. The summed E-state index contributed by atoms with van der Waals surface area (Å²) in [6, 6.07) is 15.2. The highest BCUT2D eigenvalue weighted by Crippen LogP contribution is 2.35. The van der Waals surface area contributed by atoms with Gasteiger partial charge in [-0.25, -0.2) is 0 Å². The lowest BCUT2D eigenvalue weighted by Crippen LogP contribution is -2.65. The van der Waals surface area contributed by atoms with Gasteiger partial charge in [-0.15, -0.1) is 0 Å². The second kappa shape index (κ2) is 9.29. The van der Waals surface area contributed by atoms with Crippen molar-refractivity contribution in [1.82, 2.24) is 14.8 Å². The van der Waals surface area contributed by atoms with Gasteiger partial charge in [0.25, 0.3) is 5.91 Å². The number of furan rings is 1. The van der Waals surface area contributed by atoms with Crippen molar-refractivity contribution in [2.24, 2.45) is 5.92 Å². The molecular weight excluding hydrogens is 442 g/mol. The Morgan fingerprint density at radius 3 is 2.69 bits per heavy atom. The number of carbonyl (C=O) groups excluding carboxylic acids is 2. The number of hydrogen-bond acceptors (Lipinski definition) is 4. The molecule has 1 saturated carbocycles. The largest absolute Gasteiger partial charge is 0.497 e. The summed E-state index contributed by atoms with van der Waals surface area (Å²) in [5.74, 6) is 1.53. The molecule has 1 aliphatic heterocycles. The van der Waals surface area contributed by atoms with Crippen molar-refractivity contribution >= 4 is 11.8 Å². The Morgan fingerprint density at radius 2 is 1.94 bits per heavy atom. The molecule has 3 heterocycles. The van der Waals surface area contributed by atoms with E-state index >= 15 is 0 Å². The van der Waals surface area contributed by atoms with E-state index < -0.39 is 5.54 Å². The summed E-state index contributed by atoms with van der Waals surface area (Å²) in [6.45, 7) is 4.73. The molecule has 7 nitrogen and oxygen atoms in total. The zero-order chi connectivity index (χ0) is 24.6. The summed E-state index contributed by atoms with van der Waals surface area (Å²) < 4.78 is 12.9. The number of benzene rings is 1. The molecular formula is C28H33N3O4. The molecule has 0 spiro atoms. The number of carbonyl (C=O) groups is 2. The fourth-order valence-electron chi connectivity index (χ4n) is 5.47. The van der Waals surface area contributed by atoms with Gasteiger partial charge in [-0.05, 0) is 67.6 Å². The Labute approximate surface area is 206 Å². The first-order chi connectivity index (χ1) is 16.9. The van der Waals surface area contributed by atoms with E-state index in [1.165, 1.54) is 6.42 Å². The number of amides is 2. The van der Waals surface area contributed by atoms with E-state index in [1.807, 2.05) is 60.0 Å². The van der Waals surface area contributed by atoms with Crippen LogP contribution in [0.25, 0.3) is 11.5 Å². The van der Waals surface area contributed by atoms with Gasteiger partial charge in [-0.3, -0.25) is 9.59 Å². The van der Waals surface area contributed by atoms with E-state index in [0.29, 0.717) is 30.5 Å². The number of nitrogens with one attached hydrogen (secondary N) is 1. The van der Waals surface area contributed by atoms with Crippen LogP contribution in [0, 0.1) is 5.92 Å².